The van der Waals surface area contributed by atoms with Gasteiger partial charge < -0.3 is 20.3 Å². The first-order valence-electron chi connectivity index (χ1n) is 6.67. The monoisotopic (exact) mass is 295 g/mol. The summed E-state index contributed by atoms with van der Waals surface area (Å²) < 4.78 is 1.53. The highest BCUT2D eigenvalue weighted by atomic mass is 32.1. The number of nitrogens with zero attached hydrogens (tertiary/aromatic N) is 4. The average molecular weight is 295 g/mol. The highest BCUT2D eigenvalue weighted by Gasteiger charge is 2.24. The van der Waals surface area contributed by atoms with Crippen LogP contribution in [-0.4, -0.2) is 45.9 Å². The minimum absolute atomic E-state index is 0.0363. The van der Waals surface area contributed by atoms with Gasteiger partial charge in [0.1, 0.15) is 6.20 Å². The molecular formula is C12H17N5O2S. The van der Waals surface area contributed by atoms with E-state index in [2.05, 4.69) is 22.2 Å². The lowest BCUT2D eigenvalue weighted by molar-refractivity contribution is -0.389. The molecule has 0 aromatic carbocycles. The summed E-state index contributed by atoms with van der Waals surface area (Å²) in [5.41, 5.74) is 0. The topological polar surface area (TPSA) is 75.7 Å². The molecule has 3 heterocycles. The standard InChI is InChI=1S/C12H17N5O2S/c1-15-4-2-9(3-5-15)8-13-10-11(17(18)19)16-6-7-20-12(16)14-10/h6-7,9,13H,2-5,8H2,1H3. The van der Waals surface area contributed by atoms with Gasteiger partial charge in [-0.1, -0.05) is 11.3 Å². The lowest BCUT2D eigenvalue weighted by Crippen LogP contribution is -2.33. The van der Waals surface area contributed by atoms with Gasteiger partial charge in [0.05, 0.1) is 0 Å². The molecule has 0 bridgehead atoms. The van der Waals surface area contributed by atoms with Crippen LogP contribution < -0.4 is 5.32 Å². The third-order valence-corrected chi connectivity index (χ3v) is 4.56. The van der Waals surface area contributed by atoms with E-state index in [1.54, 1.807) is 11.6 Å². The number of hydrogen-bond acceptors (Lipinski definition) is 6. The van der Waals surface area contributed by atoms with Gasteiger partial charge in [0.2, 0.25) is 5.82 Å². The number of rotatable bonds is 4. The summed E-state index contributed by atoms with van der Waals surface area (Å²) in [5, 5.41) is 16.2. The number of fused-ring (bicyclic) bond motifs is 1. The molecular weight excluding hydrogens is 278 g/mol. The fourth-order valence-corrected chi connectivity index (χ4v) is 3.28. The molecule has 7 nitrogen and oxygen atoms in total. The third-order valence-electron chi connectivity index (χ3n) is 3.81. The fourth-order valence-electron chi connectivity index (χ4n) is 2.57. The van der Waals surface area contributed by atoms with Crippen LogP contribution in [0.4, 0.5) is 11.6 Å². The van der Waals surface area contributed by atoms with Gasteiger partial charge in [-0.2, -0.15) is 9.38 Å². The zero-order valence-electron chi connectivity index (χ0n) is 11.3. The van der Waals surface area contributed by atoms with Crippen molar-refractivity contribution in [1.82, 2.24) is 14.3 Å². The molecule has 0 amide bonds. The number of aromatic nitrogens is 2. The molecule has 3 rings (SSSR count). The molecule has 0 saturated carbocycles. The number of likely N-dealkylation sites (tertiary alicyclic amines) is 1. The first-order valence-corrected chi connectivity index (χ1v) is 7.55. The Hall–Kier alpha value is -1.67. The summed E-state index contributed by atoms with van der Waals surface area (Å²) in [6, 6.07) is 0. The Bertz CT molecular complexity index is 614. The maximum absolute atomic E-state index is 11.2. The van der Waals surface area contributed by atoms with E-state index in [4.69, 9.17) is 0 Å². The Kier molecular flexibility index (Phi) is 3.58. The third kappa shape index (κ3) is 2.48. The summed E-state index contributed by atoms with van der Waals surface area (Å²) in [4.78, 5) is 18.1. The van der Waals surface area contributed by atoms with E-state index < -0.39 is 0 Å². The lowest BCUT2D eigenvalue weighted by Gasteiger charge is -2.28. The van der Waals surface area contributed by atoms with Crippen LogP contribution in [0.15, 0.2) is 11.6 Å². The minimum atomic E-state index is -0.371. The quantitative estimate of drug-likeness (QED) is 0.690. The van der Waals surface area contributed by atoms with Crippen LogP contribution in [-0.2, 0) is 0 Å². The number of piperidine rings is 1. The summed E-state index contributed by atoms with van der Waals surface area (Å²) >= 11 is 1.40. The van der Waals surface area contributed by atoms with Crippen molar-refractivity contribution < 1.29 is 4.92 Å². The highest BCUT2D eigenvalue weighted by Crippen LogP contribution is 2.28. The second-order valence-electron chi connectivity index (χ2n) is 5.22. The van der Waals surface area contributed by atoms with Crippen LogP contribution >= 0.6 is 11.3 Å². The van der Waals surface area contributed by atoms with Crippen LogP contribution in [0.5, 0.6) is 0 Å². The molecule has 2 aromatic heterocycles. The Morgan fingerprint density at radius 3 is 3.00 bits per heavy atom. The van der Waals surface area contributed by atoms with Crippen LogP contribution in [0, 0.1) is 16.0 Å². The van der Waals surface area contributed by atoms with Gasteiger partial charge in [-0.3, -0.25) is 0 Å². The smallest absolute Gasteiger partial charge is 0.363 e. The van der Waals surface area contributed by atoms with Gasteiger partial charge in [-0.15, -0.1) is 0 Å². The predicted octanol–water partition coefficient (Wildman–Crippen LogP) is 2.06. The van der Waals surface area contributed by atoms with E-state index in [9.17, 15) is 10.1 Å². The van der Waals surface area contributed by atoms with Crippen molar-refractivity contribution in [3.63, 3.8) is 0 Å². The molecule has 1 aliphatic heterocycles. The van der Waals surface area contributed by atoms with Crippen LogP contribution in [0.3, 0.4) is 0 Å². The zero-order chi connectivity index (χ0) is 14.1. The molecule has 20 heavy (non-hydrogen) atoms. The van der Waals surface area contributed by atoms with Crippen molar-refractivity contribution in [3.05, 3.63) is 21.7 Å². The molecule has 1 saturated heterocycles. The summed E-state index contributed by atoms with van der Waals surface area (Å²) in [6.07, 6.45) is 3.94. The number of anilines is 1. The van der Waals surface area contributed by atoms with Crippen molar-refractivity contribution >= 4 is 27.9 Å². The number of imidazole rings is 1. The number of hydrogen-bond donors (Lipinski definition) is 1. The molecule has 1 aliphatic rings. The summed E-state index contributed by atoms with van der Waals surface area (Å²) in [5.74, 6) is 0.987. The van der Waals surface area contributed by atoms with Crippen molar-refractivity contribution in [2.24, 2.45) is 5.92 Å². The second kappa shape index (κ2) is 5.37. The fraction of sp³-hybridized carbons (Fsp3) is 0.583. The average Bonchev–Trinajstić information content (AvgIpc) is 2.97. The number of nitrogens with one attached hydrogen (secondary N) is 1. The molecule has 108 valence electrons. The van der Waals surface area contributed by atoms with Crippen molar-refractivity contribution in [2.45, 2.75) is 12.8 Å². The van der Waals surface area contributed by atoms with Gasteiger partial charge in [-0.05, 0) is 43.8 Å². The molecule has 0 atom stereocenters. The Morgan fingerprint density at radius 2 is 2.30 bits per heavy atom. The normalized spacial score (nSPS) is 17.6. The molecule has 0 aliphatic carbocycles. The van der Waals surface area contributed by atoms with E-state index in [0.29, 0.717) is 16.7 Å². The predicted molar refractivity (Wildman–Crippen MR) is 78.4 cm³/mol. The van der Waals surface area contributed by atoms with E-state index in [1.807, 2.05) is 0 Å². The van der Waals surface area contributed by atoms with Gasteiger partial charge in [0, 0.05) is 11.9 Å². The molecule has 1 fully saturated rings. The van der Waals surface area contributed by atoms with Crippen LogP contribution in [0.25, 0.3) is 4.96 Å². The van der Waals surface area contributed by atoms with Gasteiger partial charge >= 0.3 is 5.82 Å². The molecule has 0 unspecified atom stereocenters. The largest absolute Gasteiger partial charge is 0.372 e. The minimum Gasteiger partial charge on any atom is -0.363 e. The van der Waals surface area contributed by atoms with Crippen LogP contribution in [0.2, 0.25) is 0 Å². The molecule has 8 heteroatoms. The molecule has 1 N–H and O–H groups in total. The maximum atomic E-state index is 11.2. The van der Waals surface area contributed by atoms with Crippen molar-refractivity contribution in [3.8, 4) is 0 Å². The Labute approximate surface area is 120 Å². The molecule has 2 aromatic rings. The maximum Gasteiger partial charge on any atom is 0.372 e. The Balaban J connectivity index is 1.72. The lowest BCUT2D eigenvalue weighted by atomic mass is 9.97. The van der Waals surface area contributed by atoms with E-state index in [1.165, 1.54) is 15.7 Å². The molecule has 0 spiro atoms. The number of nitro groups is 1. The van der Waals surface area contributed by atoms with Gasteiger partial charge in [0.25, 0.3) is 4.96 Å². The first kappa shape index (κ1) is 13.3. The second-order valence-corrected chi connectivity index (χ2v) is 6.10. The SMILES string of the molecule is CN1CCC(CNc2nc3sccn3c2[N+](=O)[O-])CC1. The van der Waals surface area contributed by atoms with E-state index >= 15 is 0 Å². The summed E-state index contributed by atoms with van der Waals surface area (Å²) in [6.45, 7) is 2.93. The van der Waals surface area contributed by atoms with E-state index in [-0.39, 0.29) is 10.7 Å². The first-order chi connectivity index (χ1) is 9.65. The highest BCUT2D eigenvalue weighted by molar-refractivity contribution is 7.15. The summed E-state index contributed by atoms with van der Waals surface area (Å²) in [7, 11) is 2.12. The van der Waals surface area contributed by atoms with Gasteiger partial charge in [0.15, 0.2) is 0 Å². The van der Waals surface area contributed by atoms with E-state index in [0.717, 1.165) is 32.5 Å². The molecule has 0 radical (unpaired) electrons. The van der Waals surface area contributed by atoms with Crippen molar-refractivity contribution in [1.29, 1.82) is 0 Å². The Morgan fingerprint density at radius 1 is 1.55 bits per heavy atom. The van der Waals surface area contributed by atoms with Crippen molar-refractivity contribution in [2.75, 3.05) is 32.0 Å². The van der Waals surface area contributed by atoms with Crippen LogP contribution in [0.1, 0.15) is 12.8 Å². The van der Waals surface area contributed by atoms with Gasteiger partial charge in [-0.25, -0.2) is 0 Å². The zero-order valence-corrected chi connectivity index (χ0v) is 12.1. The number of thiazole rings is 1.